The summed E-state index contributed by atoms with van der Waals surface area (Å²) in [4.78, 5) is 53.1. The summed E-state index contributed by atoms with van der Waals surface area (Å²) in [5.41, 5.74) is 1.38. The minimum absolute atomic E-state index is 0.00824. The van der Waals surface area contributed by atoms with E-state index in [0.717, 1.165) is 15.8 Å². The van der Waals surface area contributed by atoms with E-state index in [9.17, 15) is 23.6 Å². The number of imide groups is 1. The van der Waals surface area contributed by atoms with Crippen LogP contribution in [0.25, 0.3) is 17.0 Å². The summed E-state index contributed by atoms with van der Waals surface area (Å²) in [6, 6.07) is 12.3. The standard InChI is InChI=1S/C26H24FN5O5/c27-19-6-2-3-7-20(19)28-23(33)15-32-25(35)21(29-26(32)36)13-17-14-31(22-8-4-1-5-18(17)22)16-24(34)30-9-11-37-12-10-30/h1-8,13-14H,9-12,15-16H2,(H,28,33)(H,29,36)/b21-13-. The Labute approximate surface area is 211 Å². The number of benzene rings is 2. The lowest BCUT2D eigenvalue weighted by molar-refractivity contribution is -0.135. The van der Waals surface area contributed by atoms with Gasteiger partial charge in [0.1, 0.15) is 24.6 Å². The van der Waals surface area contributed by atoms with Gasteiger partial charge in [-0.2, -0.15) is 0 Å². The third kappa shape index (κ3) is 5.07. The first-order valence-electron chi connectivity index (χ1n) is 11.7. The van der Waals surface area contributed by atoms with Gasteiger partial charge in [-0.3, -0.25) is 14.4 Å². The summed E-state index contributed by atoms with van der Waals surface area (Å²) in [6.07, 6.45) is 3.27. The van der Waals surface area contributed by atoms with Crippen molar-refractivity contribution in [3.05, 3.63) is 71.8 Å². The molecule has 2 N–H and O–H groups in total. The molecule has 0 spiro atoms. The molecular weight excluding hydrogens is 481 g/mol. The fourth-order valence-electron chi connectivity index (χ4n) is 4.35. The third-order valence-corrected chi connectivity index (χ3v) is 6.20. The number of carbonyl (C=O) groups excluding carboxylic acids is 4. The highest BCUT2D eigenvalue weighted by molar-refractivity contribution is 6.16. The van der Waals surface area contributed by atoms with Gasteiger partial charge in [-0.1, -0.05) is 30.3 Å². The van der Waals surface area contributed by atoms with Crippen molar-refractivity contribution in [3.63, 3.8) is 0 Å². The summed E-state index contributed by atoms with van der Waals surface area (Å²) in [5.74, 6) is -2.07. The molecule has 1 aromatic heterocycles. The number of halogens is 1. The average molecular weight is 506 g/mol. The van der Waals surface area contributed by atoms with Crippen LogP contribution in [0.1, 0.15) is 5.56 Å². The summed E-state index contributed by atoms with van der Waals surface area (Å²) in [5, 5.41) is 5.65. The summed E-state index contributed by atoms with van der Waals surface area (Å²) >= 11 is 0. The maximum atomic E-state index is 13.8. The van der Waals surface area contributed by atoms with Crippen molar-refractivity contribution in [1.29, 1.82) is 0 Å². The van der Waals surface area contributed by atoms with Crippen molar-refractivity contribution in [2.24, 2.45) is 0 Å². The zero-order valence-electron chi connectivity index (χ0n) is 19.8. The van der Waals surface area contributed by atoms with Crippen LogP contribution in [0.2, 0.25) is 0 Å². The molecule has 0 unspecified atom stereocenters. The Balaban J connectivity index is 1.34. The normalized spacial score (nSPS) is 16.9. The van der Waals surface area contributed by atoms with Crippen LogP contribution in [0, 0.1) is 5.82 Å². The van der Waals surface area contributed by atoms with E-state index in [1.54, 1.807) is 21.7 Å². The highest BCUT2D eigenvalue weighted by atomic mass is 19.1. The Morgan fingerprint density at radius 3 is 2.54 bits per heavy atom. The lowest BCUT2D eigenvalue weighted by Gasteiger charge is -2.27. The highest BCUT2D eigenvalue weighted by Crippen LogP contribution is 2.25. The SMILES string of the molecule is O=C(CN1C(=O)N/C(=C\c2cn(CC(=O)N3CCOCC3)c3ccccc23)C1=O)Nc1ccccc1F. The number of morpholine rings is 1. The molecule has 2 saturated heterocycles. The molecule has 0 radical (unpaired) electrons. The van der Waals surface area contributed by atoms with Gasteiger partial charge in [-0.25, -0.2) is 14.1 Å². The van der Waals surface area contributed by atoms with Crippen LogP contribution in [0.4, 0.5) is 14.9 Å². The van der Waals surface area contributed by atoms with Gasteiger partial charge in [-0.15, -0.1) is 0 Å². The topological polar surface area (TPSA) is 113 Å². The molecule has 2 aromatic carbocycles. The maximum absolute atomic E-state index is 13.8. The Morgan fingerprint density at radius 2 is 1.76 bits per heavy atom. The molecule has 0 atom stereocenters. The molecule has 11 heteroatoms. The maximum Gasteiger partial charge on any atom is 0.329 e. The predicted molar refractivity (Wildman–Crippen MR) is 133 cm³/mol. The number of hydrogen-bond donors (Lipinski definition) is 2. The van der Waals surface area contributed by atoms with Crippen molar-refractivity contribution in [2.45, 2.75) is 6.54 Å². The van der Waals surface area contributed by atoms with E-state index in [-0.39, 0.29) is 23.8 Å². The molecule has 2 fully saturated rings. The van der Waals surface area contributed by atoms with Gasteiger partial charge in [0.25, 0.3) is 5.91 Å². The third-order valence-electron chi connectivity index (χ3n) is 6.20. The molecule has 37 heavy (non-hydrogen) atoms. The molecule has 2 aliphatic rings. The van der Waals surface area contributed by atoms with Crippen LogP contribution >= 0.6 is 0 Å². The van der Waals surface area contributed by atoms with E-state index in [4.69, 9.17) is 4.74 Å². The smallest absolute Gasteiger partial charge is 0.329 e. The molecule has 0 aliphatic carbocycles. The molecule has 2 aliphatic heterocycles. The van der Waals surface area contributed by atoms with Crippen molar-refractivity contribution >= 4 is 46.4 Å². The van der Waals surface area contributed by atoms with Gasteiger partial charge in [0, 0.05) is 35.8 Å². The van der Waals surface area contributed by atoms with Crippen LogP contribution in [0.3, 0.4) is 0 Å². The summed E-state index contributed by atoms with van der Waals surface area (Å²) in [7, 11) is 0. The molecule has 190 valence electrons. The van der Waals surface area contributed by atoms with Crippen molar-refractivity contribution in [3.8, 4) is 0 Å². The van der Waals surface area contributed by atoms with Gasteiger partial charge >= 0.3 is 6.03 Å². The first-order valence-corrected chi connectivity index (χ1v) is 11.7. The first kappa shape index (κ1) is 24.2. The second-order valence-electron chi connectivity index (χ2n) is 8.63. The number of hydrogen-bond acceptors (Lipinski definition) is 5. The number of fused-ring (bicyclic) bond motifs is 1. The quantitative estimate of drug-likeness (QED) is 0.394. The van der Waals surface area contributed by atoms with Crippen LogP contribution in [-0.2, 0) is 25.7 Å². The van der Waals surface area contributed by atoms with Crippen LogP contribution in [0.15, 0.2) is 60.4 Å². The number of para-hydroxylation sites is 2. The average Bonchev–Trinajstić information content (AvgIpc) is 3.37. The number of rotatable bonds is 6. The van der Waals surface area contributed by atoms with Crippen molar-refractivity contribution < 1.29 is 28.3 Å². The Kier molecular flexibility index (Phi) is 6.69. The van der Waals surface area contributed by atoms with E-state index in [2.05, 4.69) is 10.6 Å². The Bertz CT molecular complexity index is 1430. The fraction of sp³-hybridized carbons (Fsp3) is 0.231. The molecular formula is C26H24FN5O5. The van der Waals surface area contributed by atoms with Crippen LogP contribution in [-0.4, -0.2) is 71.0 Å². The summed E-state index contributed by atoms with van der Waals surface area (Å²) in [6.45, 7) is 1.63. The van der Waals surface area contributed by atoms with E-state index in [1.165, 1.54) is 24.3 Å². The van der Waals surface area contributed by atoms with Gasteiger partial charge in [0.05, 0.1) is 18.9 Å². The zero-order chi connectivity index (χ0) is 25.9. The molecule has 10 nitrogen and oxygen atoms in total. The minimum atomic E-state index is -0.758. The molecule has 0 saturated carbocycles. The van der Waals surface area contributed by atoms with Crippen molar-refractivity contribution in [1.82, 2.24) is 19.7 Å². The van der Waals surface area contributed by atoms with Crippen LogP contribution < -0.4 is 10.6 Å². The fourth-order valence-corrected chi connectivity index (χ4v) is 4.35. The Morgan fingerprint density at radius 1 is 1.03 bits per heavy atom. The number of carbonyl (C=O) groups is 4. The van der Waals surface area contributed by atoms with E-state index < -0.39 is 30.2 Å². The number of ether oxygens (including phenoxy) is 1. The number of aromatic nitrogens is 1. The number of nitrogens with zero attached hydrogens (tertiary/aromatic N) is 3. The van der Waals surface area contributed by atoms with Gasteiger partial charge in [0.2, 0.25) is 11.8 Å². The van der Waals surface area contributed by atoms with E-state index in [1.807, 2.05) is 24.3 Å². The van der Waals surface area contributed by atoms with E-state index >= 15 is 0 Å². The number of nitrogens with one attached hydrogen (secondary N) is 2. The zero-order valence-corrected chi connectivity index (χ0v) is 19.8. The monoisotopic (exact) mass is 505 g/mol. The first-order chi connectivity index (χ1) is 17.9. The lowest BCUT2D eigenvalue weighted by Crippen LogP contribution is -2.42. The number of anilines is 1. The molecule has 0 bridgehead atoms. The summed E-state index contributed by atoms with van der Waals surface area (Å²) < 4.78 is 20.9. The van der Waals surface area contributed by atoms with Crippen molar-refractivity contribution in [2.75, 3.05) is 38.2 Å². The molecule has 5 amide bonds. The van der Waals surface area contributed by atoms with E-state index in [0.29, 0.717) is 31.9 Å². The second kappa shape index (κ2) is 10.2. The molecule has 3 heterocycles. The number of urea groups is 1. The largest absolute Gasteiger partial charge is 0.378 e. The van der Waals surface area contributed by atoms with Gasteiger partial charge in [0.15, 0.2) is 0 Å². The lowest BCUT2D eigenvalue weighted by atomic mass is 10.1. The molecule has 5 rings (SSSR count). The van der Waals surface area contributed by atoms with Gasteiger partial charge in [-0.05, 0) is 24.3 Å². The predicted octanol–water partition coefficient (Wildman–Crippen LogP) is 2.17. The van der Waals surface area contributed by atoms with Crippen LogP contribution in [0.5, 0.6) is 0 Å². The van der Waals surface area contributed by atoms with Gasteiger partial charge < -0.3 is 24.8 Å². The highest BCUT2D eigenvalue weighted by Gasteiger charge is 2.35. The minimum Gasteiger partial charge on any atom is -0.378 e. The Hall–Kier alpha value is -4.51. The molecule has 3 aromatic rings. The second-order valence-corrected chi connectivity index (χ2v) is 8.63. The number of amides is 5.